The van der Waals surface area contributed by atoms with Gasteiger partial charge in [0.05, 0.1) is 0 Å². The van der Waals surface area contributed by atoms with Crippen LogP contribution in [0.1, 0.15) is 0 Å². The fourth-order valence-electron chi connectivity index (χ4n) is 0. The van der Waals surface area contributed by atoms with Gasteiger partial charge in [-0.3, -0.25) is 0 Å². The monoisotopic (exact) mass is 83.0 g/mol. The summed E-state index contributed by atoms with van der Waals surface area (Å²) >= 11 is 0. The van der Waals surface area contributed by atoms with E-state index in [1.165, 1.54) is 0 Å². The summed E-state index contributed by atoms with van der Waals surface area (Å²) in [5, 5.41) is 0. The maximum absolute atomic E-state index is 10.3. The van der Waals surface area contributed by atoms with Gasteiger partial charge in [-0.1, -0.05) is 0 Å². The zero-order valence-corrected chi connectivity index (χ0v) is 2.34. The number of halogens is 3. The second-order valence-electron chi connectivity index (χ2n) is 0.472. The van der Waals surface area contributed by atoms with Gasteiger partial charge < -0.3 is 0 Å². The highest BCUT2D eigenvalue weighted by Crippen LogP contribution is 2.00. The van der Waals surface area contributed by atoms with E-state index in [1.807, 2.05) is 0 Å². The van der Waals surface area contributed by atoms with Crippen LogP contribution in [0.4, 0.5) is 13.2 Å². The Labute approximate surface area is 27.6 Å². The minimum absolute atomic E-state index is 1.61. The van der Waals surface area contributed by atoms with Gasteiger partial charge in [-0.15, -0.1) is 0 Å². The van der Waals surface area contributed by atoms with Crippen LogP contribution in [-0.2, 0) is 0 Å². The molecule has 0 saturated heterocycles. The second kappa shape index (κ2) is 1.93. The lowest BCUT2D eigenvalue weighted by atomic mass is 10.8. The Morgan fingerprint density at radius 3 is 1.60 bits per heavy atom. The summed E-state index contributed by atoms with van der Waals surface area (Å²) in [5.74, 6) is 0. The zero-order chi connectivity index (χ0) is 4.28. The predicted octanol–water partition coefficient (Wildman–Crippen LogP) is 1.38. The second-order valence-corrected chi connectivity index (χ2v) is 0.472. The molecule has 0 aliphatic heterocycles. The number of alkyl halides is 1. The van der Waals surface area contributed by atoms with Gasteiger partial charge in [0.2, 0.25) is 0 Å². The van der Waals surface area contributed by atoms with Gasteiger partial charge in [0.15, 0.2) is 0 Å². The summed E-state index contributed by atoms with van der Waals surface area (Å²) in [4.78, 5) is 0. The van der Waals surface area contributed by atoms with E-state index in [1.54, 1.807) is 0 Å². The average Bonchev–Trinajstić information content (AvgIpc) is 1.38. The molecular formula is C2H2F3+. The third kappa shape index (κ3) is 3.66. The number of hydrogen-bond donors (Lipinski definition) is 0. The Hall–Kier alpha value is -0.340. The highest BCUT2D eigenvalue weighted by molar-refractivity contribution is 4.51. The third-order valence-corrected chi connectivity index (χ3v) is 0.101. The van der Waals surface area contributed by atoms with E-state index in [2.05, 4.69) is 0 Å². The fourth-order valence-corrected chi connectivity index (χ4v) is 0. The van der Waals surface area contributed by atoms with Crippen molar-refractivity contribution in [1.82, 2.24) is 0 Å². The quantitative estimate of drug-likeness (QED) is 0.420. The van der Waals surface area contributed by atoms with Crippen LogP contribution in [0.25, 0.3) is 0 Å². The summed E-state index contributed by atoms with van der Waals surface area (Å²) in [6.45, 7) is -1.61. The van der Waals surface area contributed by atoms with Crippen molar-refractivity contribution < 1.29 is 13.2 Å². The lowest BCUT2D eigenvalue weighted by Gasteiger charge is -1.57. The van der Waals surface area contributed by atoms with Gasteiger partial charge in [-0.25, -0.2) is 0 Å². The van der Waals surface area contributed by atoms with E-state index in [4.69, 9.17) is 0 Å². The number of hydrogen-bond acceptors (Lipinski definition) is 0. The maximum atomic E-state index is 10.3. The van der Waals surface area contributed by atoms with Crippen LogP contribution in [0.2, 0.25) is 0 Å². The molecule has 0 bridgehead atoms. The van der Waals surface area contributed by atoms with E-state index < -0.39 is 13.1 Å². The maximum Gasteiger partial charge on any atom is 0.537 e. The molecule has 0 heterocycles. The van der Waals surface area contributed by atoms with Crippen molar-refractivity contribution in [3.05, 3.63) is 6.43 Å². The van der Waals surface area contributed by atoms with Crippen molar-refractivity contribution in [2.24, 2.45) is 0 Å². The van der Waals surface area contributed by atoms with Crippen LogP contribution in [0, 0.1) is 6.43 Å². The molecule has 0 amide bonds. The molecule has 0 atom stereocenters. The Morgan fingerprint density at radius 2 is 1.60 bits per heavy atom. The van der Waals surface area contributed by atoms with E-state index >= 15 is 0 Å². The Morgan fingerprint density at radius 1 is 1.40 bits per heavy atom. The smallest absolute Gasteiger partial charge is 0.189 e. The minimum Gasteiger partial charge on any atom is -0.189 e. The molecule has 30 valence electrons. The van der Waals surface area contributed by atoms with E-state index in [-0.39, 0.29) is 0 Å². The highest BCUT2D eigenvalue weighted by atomic mass is 19.3. The van der Waals surface area contributed by atoms with Crippen molar-refractivity contribution in [3.8, 4) is 0 Å². The summed E-state index contributed by atoms with van der Waals surface area (Å²) < 4.78 is 30.9. The molecule has 0 aliphatic carbocycles. The molecule has 0 spiro atoms. The zero-order valence-electron chi connectivity index (χ0n) is 2.34. The van der Waals surface area contributed by atoms with Crippen LogP contribution in [0.5, 0.6) is 0 Å². The SMILES string of the molecule is FC[C+](F)F. The molecule has 0 aromatic rings. The van der Waals surface area contributed by atoms with Crippen molar-refractivity contribution >= 4 is 0 Å². The summed E-state index contributed by atoms with van der Waals surface area (Å²) in [5.41, 5.74) is 0. The molecule has 0 nitrogen and oxygen atoms in total. The molecule has 3 heteroatoms. The van der Waals surface area contributed by atoms with E-state index in [9.17, 15) is 13.2 Å². The van der Waals surface area contributed by atoms with Crippen LogP contribution in [-0.4, -0.2) is 6.67 Å². The predicted molar refractivity (Wildman–Crippen MR) is 11.4 cm³/mol. The Balaban J connectivity index is 2.54. The Bertz CT molecular complexity index is 18.9. The molecule has 0 saturated carbocycles. The first-order valence-corrected chi connectivity index (χ1v) is 0.999. The largest absolute Gasteiger partial charge is 0.537 e. The molecule has 0 N–H and O–H groups in total. The third-order valence-electron chi connectivity index (χ3n) is 0.101. The molecule has 0 aliphatic rings. The van der Waals surface area contributed by atoms with Crippen molar-refractivity contribution in [1.29, 1.82) is 0 Å². The van der Waals surface area contributed by atoms with Crippen LogP contribution in [0.15, 0.2) is 0 Å². The first-order valence-electron chi connectivity index (χ1n) is 0.999. The molecule has 0 fully saturated rings. The van der Waals surface area contributed by atoms with Gasteiger partial charge >= 0.3 is 13.1 Å². The van der Waals surface area contributed by atoms with E-state index in [0.717, 1.165) is 0 Å². The summed E-state index contributed by atoms with van der Waals surface area (Å²) in [6, 6.07) is 0. The van der Waals surface area contributed by atoms with Gasteiger partial charge in [0.25, 0.3) is 0 Å². The summed E-state index contributed by atoms with van der Waals surface area (Å²) in [6.07, 6.45) is -2.16. The van der Waals surface area contributed by atoms with Crippen LogP contribution in [0.3, 0.4) is 0 Å². The average molecular weight is 83.0 g/mol. The van der Waals surface area contributed by atoms with E-state index in [0.29, 0.717) is 0 Å². The molecular weight excluding hydrogens is 81.0 g/mol. The normalized spacial score (nSPS) is 7.80. The molecule has 0 unspecified atom stereocenters. The molecule has 0 radical (unpaired) electrons. The molecule has 0 aromatic heterocycles. The number of rotatable bonds is 1. The minimum atomic E-state index is -2.16. The first kappa shape index (κ1) is 4.66. The lowest BCUT2D eigenvalue weighted by Crippen LogP contribution is -1.75. The van der Waals surface area contributed by atoms with Crippen LogP contribution >= 0.6 is 0 Å². The van der Waals surface area contributed by atoms with Crippen molar-refractivity contribution in [2.75, 3.05) is 6.67 Å². The fraction of sp³-hybridized carbons (Fsp3) is 0.500. The molecule has 5 heavy (non-hydrogen) atoms. The lowest BCUT2D eigenvalue weighted by molar-refractivity contribution is 0.233. The standard InChI is InChI=1S/C2H2F3/c3-1-2(4)5/h1H2/q+1. The summed E-state index contributed by atoms with van der Waals surface area (Å²) in [7, 11) is 0. The van der Waals surface area contributed by atoms with Crippen molar-refractivity contribution in [3.63, 3.8) is 0 Å². The van der Waals surface area contributed by atoms with Gasteiger partial charge in [0.1, 0.15) is 0 Å². The Kier molecular flexibility index (Phi) is 1.80. The first-order chi connectivity index (χ1) is 2.27. The van der Waals surface area contributed by atoms with Crippen molar-refractivity contribution in [2.45, 2.75) is 0 Å². The molecule has 0 aromatic carbocycles. The van der Waals surface area contributed by atoms with Gasteiger partial charge in [-0.05, 0) is 0 Å². The highest BCUT2D eigenvalue weighted by Gasteiger charge is 2.17. The molecule has 0 rings (SSSR count). The van der Waals surface area contributed by atoms with Crippen LogP contribution < -0.4 is 0 Å². The van der Waals surface area contributed by atoms with Gasteiger partial charge in [-0.2, -0.15) is 4.39 Å². The topological polar surface area (TPSA) is 0 Å². The van der Waals surface area contributed by atoms with Gasteiger partial charge in [0, 0.05) is 8.78 Å².